The molecule has 0 bridgehead atoms. The molecule has 0 amide bonds. The molecule has 0 N–H and O–H groups in total. The quantitative estimate of drug-likeness (QED) is 0.289. The van der Waals surface area contributed by atoms with Crippen molar-refractivity contribution in [2.75, 3.05) is 0 Å². The molecule has 0 aromatic carbocycles. The second-order valence-corrected chi connectivity index (χ2v) is 14.8. The number of unbranched alkanes of at least 4 members (excludes halogenated alkanes) is 9. The molecule has 18 heavy (non-hydrogen) atoms. The molecule has 1 aliphatic heterocycles. The van der Waals surface area contributed by atoms with Crippen LogP contribution in [-0.4, -0.2) is 19.8 Å². The molecule has 0 aromatic rings. The summed E-state index contributed by atoms with van der Waals surface area (Å²) < 4.78 is 5.21. The third kappa shape index (κ3) is 9.69. The van der Waals surface area contributed by atoms with Gasteiger partial charge in [0, 0.05) is 0 Å². The fourth-order valence-electron chi connectivity index (χ4n) is 3.16. The Kier molecular flexibility index (Phi) is 12.0. The minimum atomic E-state index is -0.749. The van der Waals surface area contributed by atoms with Crippen molar-refractivity contribution >= 4 is 19.8 Å². The maximum absolute atomic E-state index is 2.30. The molecule has 0 saturated carbocycles. The number of hydrogen-bond donors (Lipinski definition) is 0. The van der Waals surface area contributed by atoms with Gasteiger partial charge < -0.3 is 0 Å². The molecule has 0 atom stereocenters. The van der Waals surface area contributed by atoms with E-state index in [0.29, 0.717) is 0 Å². The summed E-state index contributed by atoms with van der Waals surface area (Å²) in [6, 6.07) is 0. The van der Waals surface area contributed by atoms with Crippen molar-refractivity contribution in [1.82, 2.24) is 0 Å². The van der Waals surface area contributed by atoms with E-state index in [1.54, 1.807) is 45.4 Å². The van der Waals surface area contributed by atoms with Gasteiger partial charge in [-0.15, -0.1) is 0 Å². The van der Waals surface area contributed by atoms with Crippen LogP contribution in [0.15, 0.2) is 0 Å². The predicted molar refractivity (Wildman–Crippen MR) is 85.9 cm³/mol. The second kappa shape index (κ2) is 12.8. The summed E-state index contributed by atoms with van der Waals surface area (Å²) in [6.45, 7) is 2.30. The molecule has 0 unspecified atom stereocenters. The third-order valence-electron chi connectivity index (χ3n) is 4.44. The van der Waals surface area contributed by atoms with E-state index in [1.165, 1.54) is 51.4 Å². The summed E-state index contributed by atoms with van der Waals surface area (Å²) in [6.07, 6.45) is 19.8. The average Bonchev–Trinajstić information content (AvgIpc) is 2.42. The summed E-state index contributed by atoms with van der Waals surface area (Å²) in [5, 5.41) is 0. The monoisotopic (exact) mass is 359 g/mol. The van der Waals surface area contributed by atoms with Gasteiger partial charge in [0.05, 0.1) is 0 Å². The van der Waals surface area contributed by atoms with Crippen molar-refractivity contribution in [2.45, 2.75) is 104 Å². The standard InChI is InChI=1S/C12H25.C5H10.Sn/c1-3-5-7-9-11-12-10-8-6-4-2;1-3-5-4-2;/h1,3-12H2,2H3;1-5H2;. The van der Waals surface area contributed by atoms with E-state index in [1.807, 2.05) is 0 Å². The first-order valence-corrected chi connectivity index (χ1v) is 14.8. The predicted octanol–water partition coefficient (Wildman–Crippen LogP) is 6.59. The van der Waals surface area contributed by atoms with Crippen molar-refractivity contribution < 1.29 is 0 Å². The second-order valence-electron chi connectivity index (χ2n) is 6.24. The Morgan fingerprint density at radius 3 is 1.67 bits per heavy atom. The van der Waals surface area contributed by atoms with Crippen LogP contribution in [0.1, 0.15) is 90.4 Å². The molecule has 1 rings (SSSR count). The van der Waals surface area contributed by atoms with Gasteiger partial charge in [0.25, 0.3) is 0 Å². The summed E-state index contributed by atoms with van der Waals surface area (Å²) in [5.74, 6) is 0. The van der Waals surface area contributed by atoms with Crippen molar-refractivity contribution in [1.29, 1.82) is 0 Å². The topological polar surface area (TPSA) is 0 Å². The zero-order valence-corrected chi connectivity index (χ0v) is 15.7. The van der Waals surface area contributed by atoms with Crippen LogP contribution in [-0.2, 0) is 0 Å². The van der Waals surface area contributed by atoms with Crippen LogP contribution < -0.4 is 0 Å². The van der Waals surface area contributed by atoms with Crippen molar-refractivity contribution in [3.63, 3.8) is 0 Å². The Morgan fingerprint density at radius 2 is 1.11 bits per heavy atom. The van der Waals surface area contributed by atoms with Gasteiger partial charge in [0.15, 0.2) is 0 Å². The van der Waals surface area contributed by atoms with Crippen LogP contribution in [0.4, 0.5) is 0 Å². The Morgan fingerprint density at radius 1 is 0.611 bits per heavy atom. The summed E-state index contributed by atoms with van der Waals surface area (Å²) in [4.78, 5) is 0. The maximum atomic E-state index is 2.30. The minimum absolute atomic E-state index is 0.749. The normalized spacial score (nSPS) is 17.2. The van der Waals surface area contributed by atoms with Gasteiger partial charge in [-0.1, -0.05) is 0 Å². The van der Waals surface area contributed by atoms with Crippen LogP contribution in [0.25, 0.3) is 0 Å². The van der Waals surface area contributed by atoms with E-state index in [4.69, 9.17) is 0 Å². The van der Waals surface area contributed by atoms with E-state index < -0.39 is 19.8 Å². The van der Waals surface area contributed by atoms with E-state index in [0.717, 1.165) is 0 Å². The summed E-state index contributed by atoms with van der Waals surface area (Å²) >= 11 is -0.749. The van der Waals surface area contributed by atoms with Gasteiger partial charge in [-0.3, -0.25) is 0 Å². The summed E-state index contributed by atoms with van der Waals surface area (Å²) in [5.41, 5.74) is 0. The fourth-order valence-corrected chi connectivity index (χ4v) is 11.7. The molecule has 1 heteroatoms. The van der Waals surface area contributed by atoms with E-state index in [2.05, 4.69) is 6.92 Å². The molecule has 0 aromatic heterocycles. The first-order valence-electron chi connectivity index (χ1n) is 8.77. The fraction of sp³-hybridized carbons (Fsp3) is 1.00. The molecule has 1 aliphatic rings. The Bertz CT molecular complexity index is 161. The molecule has 0 nitrogen and oxygen atoms in total. The Balaban J connectivity index is 1.73. The van der Waals surface area contributed by atoms with Gasteiger partial charge in [-0.05, 0) is 0 Å². The molecule has 0 spiro atoms. The molecule has 1 fully saturated rings. The first-order chi connectivity index (χ1) is 8.93. The zero-order chi connectivity index (χ0) is 12.9. The van der Waals surface area contributed by atoms with Crippen molar-refractivity contribution in [3.8, 4) is 0 Å². The molecular formula is C17H35Sn. The van der Waals surface area contributed by atoms with Gasteiger partial charge in [0.1, 0.15) is 0 Å². The summed E-state index contributed by atoms with van der Waals surface area (Å²) in [7, 11) is 0. The van der Waals surface area contributed by atoms with Crippen molar-refractivity contribution in [2.24, 2.45) is 0 Å². The van der Waals surface area contributed by atoms with E-state index in [-0.39, 0.29) is 0 Å². The van der Waals surface area contributed by atoms with E-state index in [9.17, 15) is 0 Å². The van der Waals surface area contributed by atoms with Gasteiger partial charge >= 0.3 is 123 Å². The van der Waals surface area contributed by atoms with Crippen LogP contribution in [0.3, 0.4) is 0 Å². The molecule has 1 radical (unpaired) electrons. The molecule has 1 heterocycles. The molecule has 107 valence electrons. The van der Waals surface area contributed by atoms with E-state index >= 15 is 0 Å². The molecule has 1 saturated heterocycles. The third-order valence-corrected chi connectivity index (χ3v) is 13.5. The van der Waals surface area contributed by atoms with Gasteiger partial charge in [-0.25, -0.2) is 0 Å². The van der Waals surface area contributed by atoms with Gasteiger partial charge in [0.2, 0.25) is 0 Å². The number of rotatable bonds is 11. The van der Waals surface area contributed by atoms with Crippen LogP contribution in [0.2, 0.25) is 13.3 Å². The average molecular weight is 358 g/mol. The van der Waals surface area contributed by atoms with Crippen LogP contribution in [0.5, 0.6) is 0 Å². The zero-order valence-electron chi connectivity index (χ0n) is 12.8. The molecule has 0 aliphatic carbocycles. The first kappa shape index (κ1) is 16.9. The van der Waals surface area contributed by atoms with Gasteiger partial charge in [-0.2, -0.15) is 0 Å². The van der Waals surface area contributed by atoms with Crippen LogP contribution in [0, 0.1) is 0 Å². The Hall–Kier alpha value is 0.799. The number of hydrogen-bond acceptors (Lipinski definition) is 0. The SMILES string of the molecule is CCCCCCCCCCC[CH2][Sn]1[CH2]CCC[CH2]1. The Labute approximate surface area is 123 Å². The molecular weight excluding hydrogens is 323 g/mol. The van der Waals surface area contributed by atoms with Crippen molar-refractivity contribution in [3.05, 3.63) is 0 Å². The van der Waals surface area contributed by atoms with Crippen LogP contribution >= 0.6 is 0 Å².